The van der Waals surface area contributed by atoms with Crippen LogP contribution >= 0.6 is 12.2 Å². The second-order valence-electron chi connectivity index (χ2n) is 7.24. The first-order valence-electron chi connectivity index (χ1n) is 9.36. The molecule has 3 rings (SSSR count). The normalized spacial score (nSPS) is 14.4. The smallest absolute Gasteiger partial charge is 0.290 e. The monoisotopic (exact) mass is 381 g/mol. The Morgan fingerprint density at radius 1 is 1.19 bits per heavy atom. The van der Waals surface area contributed by atoms with E-state index in [1.807, 2.05) is 43.3 Å². The molecule has 0 bridgehead atoms. The van der Waals surface area contributed by atoms with Crippen LogP contribution in [0.25, 0.3) is 0 Å². The molecule has 0 saturated heterocycles. The number of nitrogens with two attached hydrogens (primary N) is 1. The third-order valence-electron chi connectivity index (χ3n) is 5.02. The van der Waals surface area contributed by atoms with Gasteiger partial charge in [0.15, 0.2) is 0 Å². The molecule has 0 heterocycles. The lowest BCUT2D eigenvalue weighted by molar-refractivity contribution is 0.328. The third kappa shape index (κ3) is 5.37. The van der Waals surface area contributed by atoms with Gasteiger partial charge in [0.1, 0.15) is 11.6 Å². The molecule has 0 atom stereocenters. The Labute approximate surface area is 167 Å². The van der Waals surface area contributed by atoms with Crippen LogP contribution in [0.4, 0.5) is 0 Å². The maximum absolute atomic E-state index is 6.02. The van der Waals surface area contributed by atoms with Crippen molar-refractivity contribution in [3.05, 3.63) is 64.7 Å². The summed E-state index contributed by atoms with van der Waals surface area (Å²) in [7, 11) is 2.21. The number of rotatable bonds is 6. The van der Waals surface area contributed by atoms with Crippen LogP contribution < -0.4 is 10.5 Å². The first kappa shape index (κ1) is 19.5. The molecule has 1 saturated carbocycles. The summed E-state index contributed by atoms with van der Waals surface area (Å²) in [5.41, 5.74) is 10.5. The van der Waals surface area contributed by atoms with Crippen LogP contribution in [0, 0.1) is 13.8 Å². The molecule has 0 amide bonds. The van der Waals surface area contributed by atoms with Crippen LogP contribution in [0.5, 0.6) is 5.75 Å². The molecular formula is C22H27N3OS. The van der Waals surface area contributed by atoms with Crippen molar-refractivity contribution in [1.82, 2.24) is 4.90 Å². The lowest BCUT2D eigenvalue weighted by Crippen LogP contribution is -2.23. The molecule has 27 heavy (non-hydrogen) atoms. The van der Waals surface area contributed by atoms with Gasteiger partial charge in [0, 0.05) is 18.2 Å². The second kappa shape index (κ2) is 8.63. The Bertz CT molecular complexity index is 844. The van der Waals surface area contributed by atoms with Gasteiger partial charge in [0.05, 0.1) is 0 Å². The zero-order valence-corrected chi connectivity index (χ0v) is 17.1. The SMILES string of the molecule is Cc1cc(OC(=S)N=C(N)c2ccccc2)c(C)cc1CCN(C)C1CC1. The minimum absolute atomic E-state index is 0.125. The predicted molar refractivity (Wildman–Crippen MR) is 116 cm³/mol. The minimum atomic E-state index is 0.125. The van der Waals surface area contributed by atoms with E-state index in [1.54, 1.807) is 0 Å². The van der Waals surface area contributed by atoms with E-state index in [9.17, 15) is 0 Å². The quantitative estimate of drug-likeness (QED) is 0.467. The molecule has 2 N–H and O–H groups in total. The summed E-state index contributed by atoms with van der Waals surface area (Å²) < 4.78 is 5.80. The Morgan fingerprint density at radius 2 is 1.89 bits per heavy atom. The number of hydrogen-bond donors (Lipinski definition) is 1. The van der Waals surface area contributed by atoms with E-state index in [0.29, 0.717) is 5.84 Å². The fraction of sp³-hybridized carbons (Fsp3) is 0.364. The van der Waals surface area contributed by atoms with E-state index in [4.69, 9.17) is 22.7 Å². The third-order valence-corrected chi connectivity index (χ3v) is 5.19. The number of amidine groups is 1. The molecule has 0 radical (unpaired) electrons. The highest BCUT2D eigenvalue weighted by atomic mass is 32.1. The molecule has 0 unspecified atom stereocenters. The highest BCUT2D eigenvalue weighted by Gasteiger charge is 2.25. The minimum Gasteiger partial charge on any atom is -0.430 e. The summed E-state index contributed by atoms with van der Waals surface area (Å²) in [6.07, 6.45) is 3.72. The van der Waals surface area contributed by atoms with Crippen molar-refractivity contribution in [2.75, 3.05) is 13.6 Å². The molecule has 0 aliphatic heterocycles. The van der Waals surface area contributed by atoms with Crippen molar-refractivity contribution in [1.29, 1.82) is 0 Å². The van der Waals surface area contributed by atoms with Gasteiger partial charge in [-0.15, -0.1) is 0 Å². The van der Waals surface area contributed by atoms with Gasteiger partial charge in [-0.25, -0.2) is 0 Å². The molecule has 2 aromatic rings. The first-order chi connectivity index (χ1) is 12.9. The average molecular weight is 382 g/mol. The number of aliphatic imine (C=N–C) groups is 1. The highest BCUT2D eigenvalue weighted by molar-refractivity contribution is 7.80. The molecule has 2 aromatic carbocycles. The van der Waals surface area contributed by atoms with Gasteiger partial charge < -0.3 is 15.4 Å². The topological polar surface area (TPSA) is 50.9 Å². The summed E-state index contributed by atoms with van der Waals surface area (Å²) in [6.45, 7) is 5.24. The molecule has 0 aromatic heterocycles. The lowest BCUT2D eigenvalue weighted by Gasteiger charge is -2.17. The lowest BCUT2D eigenvalue weighted by atomic mass is 10.0. The zero-order valence-electron chi connectivity index (χ0n) is 16.2. The van der Waals surface area contributed by atoms with Crippen molar-refractivity contribution in [3.8, 4) is 5.75 Å². The number of benzene rings is 2. The number of ether oxygens (including phenoxy) is 1. The van der Waals surface area contributed by atoms with E-state index >= 15 is 0 Å². The van der Waals surface area contributed by atoms with Gasteiger partial charge in [-0.1, -0.05) is 36.4 Å². The van der Waals surface area contributed by atoms with E-state index in [2.05, 4.69) is 29.9 Å². The van der Waals surface area contributed by atoms with Gasteiger partial charge in [-0.2, -0.15) is 4.99 Å². The predicted octanol–water partition coefficient (Wildman–Crippen LogP) is 4.01. The molecule has 142 valence electrons. The molecule has 5 heteroatoms. The van der Waals surface area contributed by atoms with E-state index in [0.717, 1.165) is 35.9 Å². The Kier molecular flexibility index (Phi) is 6.24. The average Bonchev–Trinajstić information content (AvgIpc) is 3.49. The fourth-order valence-electron chi connectivity index (χ4n) is 3.11. The molecule has 1 fully saturated rings. The van der Waals surface area contributed by atoms with Crippen LogP contribution in [0.15, 0.2) is 47.5 Å². The largest absolute Gasteiger partial charge is 0.430 e. The van der Waals surface area contributed by atoms with Crippen molar-refractivity contribution < 1.29 is 4.74 Å². The van der Waals surface area contributed by atoms with Crippen LogP contribution in [0.2, 0.25) is 0 Å². The summed E-state index contributed by atoms with van der Waals surface area (Å²) >= 11 is 5.27. The maximum atomic E-state index is 6.02. The van der Waals surface area contributed by atoms with Crippen LogP contribution in [-0.2, 0) is 6.42 Å². The molecule has 4 nitrogen and oxygen atoms in total. The Morgan fingerprint density at radius 3 is 2.56 bits per heavy atom. The van der Waals surface area contributed by atoms with Crippen molar-refractivity contribution >= 4 is 23.2 Å². The number of thiocarbonyl (C=S) groups is 1. The summed E-state index contributed by atoms with van der Waals surface area (Å²) in [6, 6.07) is 14.6. The maximum Gasteiger partial charge on any atom is 0.290 e. The van der Waals surface area contributed by atoms with E-state index < -0.39 is 0 Å². The molecule has 1 aliphatic carbocycles. The molecule has 0 spiro atoms. The van der Waals surface area contributed by atoms with Gasteiger partial charge in [-0.05, 0) is 75.1 Å². The number of hydrogen-bond acceptors (Lipinski definition) is 3. The zero-order chi connectivity index (χ0) is 19.4. The van der Waals surface area contributed by atoms with Crippen molar-refractivity contribution in [2.24, 2.45) is 10.7 Å². The van der Waals surface area contributed by atoms with Gasteiger partial charge in [-0.3, -0.25) is 0 Å². The first-order valence-corrected chi connectivity index (χ1v) is 9.76. The standard InChI is InChI=1S/C22H27N3OS/c1-15-14-20(16(2)13-18(15)11-12-25(3)19-9-10-19)26-22(27)24-21(23)17-7-5-4-6-8-17/h4-8,13-14,19H,9-12H2,1-3H3,(H2,23,24,27). The highest BCUT2D eigenvalue weighted by Crippen LogP contribution is 2.27. The Balaban J connectivity index is 1.66. The molecule has 1 aliphatic rings. The van der Waals surface area contributed by atoms with Crippen LogP contribution in [0.3, 0.4) is 0 Å². The van der Waals surface area contributed by atoms with Crippen LogP contribution in [0.1, 0.15) is 35.1 Å². The number of aryl methyl sites for hydroxylation is 2. The van der Waals surface area contributed by atoms with Gasteiger partial charge in [0.2, 0.25) is 0 Å². The molecular weight excluding hydrogens is 354 g/mol. The van der Waals surface area contributed by atoms with Crippen LogP contribution in [-0.4, -0.2) is 35.5 Å². The second-order valence-corrected chi connectivity index (χ2v) is 7.59. The summed E-state index contributed by atoms with van der Waals surface area (Å²) in [5.74, 6) is 1.09. The number of likely N-dealkylation sites (N-methyl/N-ethyl adjacent to an activating group) is 1. The van der Waals surface area contributed by atoms with Gasteiger partial charge >= 0.3 is 0 Å². The van der Waals surface area contributed by atoms with E-state index in [1.165, 1.54) is 24.0 Å². The van der Waals surface area contributed by atoms with Gasteiger partial charge in [0.25, 0.3) is 5.17 Å². The fourth-order valence-corrected chi connectivity index (χ4v) is 3.30. The Hall–Kier alpha value is -2.24. The summed E-state index contributed by atoms with van der Waals surface area (Å²) in [5, 5.41) is 0.125. The van der Waals surface area contributed by atoms with E-state index in [-0.39, 0.29) is 5.17 Å². The van der Waals surface area contributed by atoms with Crippen molar-refractivity contribution in [2.45, 2.75) is 39.2 Å². The number of nitrogens with zero attached hydrogens (tertiary/aromatic N) is 2. The van der Waals surface area contributed by atoms with Crippen molar-refractivity contribution in [3.63, 3.8) is 0 Å². The summed E-state index contributed by atoms with van der Waals surface area (Å²) in [4.78, 5) is 6.67.